The summed E-state index contributed by atoms with van der Waals surface area (Å²) in [5.74, 6) is -0.294. The standard InChI is InChI=1S/C7H7BrO2/c1-4(2)5-3-10-7(9)6(5)8/h1,3H2,2H3. The average molecular weight is 203 g/mol. The Morgan fingerprint density at radius 2 is 2.40 bits per heavy atom. The van der Waals surface area contributed by atoms with E-state index in [2.05, 4.69) is 22.5 Å². The fraction of sp³-hybridized carbons (Fsp3) is 0.286. The Balaban J connectivity index is 2.96. The molecule has 0 atom stereocenters. The Hall–Kier alpha value is -0.570. The fourth-order valence-corrected chi connectivity index (χ4v) is 1.27. The highest BCUT2D eigenvalue weighted by Gasteiger charge is 2.22. The van der Waals surface area contributed by atoms with E-state index in [4.69, 9.17) is 4.74 Å². The van der Waals surface area contributed by atoms with E-state index in [0.717, 1.165) is 11.1 Å². The van der Waals surface area contributed by atoms with E-state index in [1.165, 1.54) is 0 Å². The van der Waals surface area contributed by atoms with Crippen molar-refractivity contribution in [2.75, 3.05) is 6.61 Å². The van der Waals surface area contributed by atoms with E-state index in [0.29, 0.717) is 11.1 Å². The normalized spacial score (nSPS) is 17.6. The first kappa shape index (κ1) is 7.54. The molecule has 1 heterocycles. The van der Waals surface area contributed by atoms with E-state index >= 15 is 0 Å². The maximum absolute atomic E-state index is 10.7. The van der Waals surface area contributed by atoms with Gasteiger partial charge < -0.3 is 4.74 Å². The van der Waals surface area contributed by atoms with Gasteiger partial charge in [-0.15, -0.1) is 0 Å². The van der Waals surface area contributed by atoms with Gasteiger partial charge in [-0.3, -0.25) is 0 Å². The van der Waals surface area contributed by atoms with Gasteiger partial charge in [0.15, 0.2) is 0 Å². The fourth-order valence-electron chi connectivity index (χ4n) is 0.698. The Kier molecular flexibility index (Phi) is 1.94. The number of hydrogen-bond acceptors (Lipinski definition) is 2. The van der Waals surface area contributed by atoms with Crippen molar-refractivity contribution in [1.82, 2.24) is 0 Å². The van der Waals surface area contributed by atoms with E-state index in [-0.39, 0.29) is 5.97 Å². The number of cyclic esters (lactones) is 1. The molecule has 0 radical (unpaired) electrons. The number of rotatable bonds is 1. The maximum Gasteiger partial charge on any atom is 0.345 e. The van der Waals surface area contributed by atoms with Crippen molar-refractivity contribution in [3.05, 3.63) is 22.2 Å². The first-order valence-electron chi connectivity index (χ1n) is 2.84. The lowest BCUT2D eigenvalue weighted by atomic mass is 10.1. The Morgan fingerprint density at radius 3 is 2.60 bits per heavy atom. The predicted octanol–water partition coefficient (Wildman–Crippen LogP) is 1.77. The number of hydrogen-bond donors (Lipinski definition) is 0. The molecule has 0 aromatic carbocycles. The highest BCUT2D eigenvalue weighted by atomic mass is 79.9. The summed E-state index contributed by atoms with van der Waals surface area (Å²) >= 11 is 3.11. The molecule has 0 amide bonds. The number of ether oxygens (including phenoxy) is 1. The molecule has 1 rings (SSSR count). The van der Waals surface area contributed by atoms with Crippen LogP contribution in [0.2, 0.25) is 0 Å². The molecule has 10 heavy (non-hydrogen) atoms. The van der Waals surface area contributed by atoms with Gasteiger partial charge in [-0.25, -0.2) is 4.79 Å². The van der Waals surface area contributed by atoms with Crippen LogP contribution in [-0.2, 0) is 9.53 Å². The Bertz CT molecular complexity index is 228. The topological polar surface area (TPSA) is 26.3 Å². The molecule has 54 valence electrons. The number of carbonyl (C=O) groups is 1. The number of halogens is 1. The van der Waals surface area contributed by atoms with Crippen LogP contribution < -0.4 is 0 Å². The van der Waals surface area contributed by atoms with Crippen molar-refractivity contribution in [2.45, 2.75) is 6.92 Å². The van der Waals surface area contributed by atoms with Crippen LogP contribution >= 0.6 is 15.9 Å². The first-order valence-corrected chi connectivity index (χ1v) is 3.64. The van der Waals surface area contributed by atoms with E-state index in [9.17, 15) is 4.79 Å². The van der Waals surface area contributed by atoms with Crippen LogP contribution in [0, 0.1) is 0 Å². The van der Waals surface area contributed by atoms with Crippen LogP contribution in [0.15, 0.2) is 22.2 Å². The molecule has 0 fully saturated rings. The molecule has 0 spiro atoms. The summed E-state index contributed by atoms with van der Waals surface area (Å²) < 4.78 is 5.23. The summed E-state index contributed by atoms with van der Waals surface area (Å²) in [4.78, 5) is 10.7. The monoisotopic (exact) mass is 202 g/mol. The predicted molar refractivity (Wildman–Crippen MR) is 41.7 cm³/mol. The average Bonchev–Trinajstić information content (AvgIpc) is 2.14. The second kappa shape index (κ2) is 2.58. The van der Waals surface area contributed by atoms with Gasteiger partial charge in [-0.05, 0) is 22.9 Å². The van der Waals surface area contributed by atoms with Gasteiger partial charge in [0.2, 0.25) is 0 Å². The van der Waals surface area contributed by atoms with Crippen LogP contribution in [0.3, 0.4) is 0 Å². The minimum absolute atomic E-state index is 0.294. The Labute approximate surface area is 67.7 Å². The smallest absolute Gasteiger partial charge is 0.345 e. The van der Waals surface area contributed by atoms with Crippen LogP contribution in [0.1, 0.15) is 6.92 Å². The van der Waals surface area contributed by atoms with Gasteiger partial charge >= 0.3 is 5.97 Å². The number of esters is 1. The Morgan fingerprint density at radius 1 is 1.80 bits per heavy atom. The minimum atomic E-state index is -0.294. The van der Waals surface area contributed by atoms with Crippen molar-refractivity contribution in [2.24, 2.45) is 0 Å². The zero-order valence-corrected chi connectivity index (χ0v) is 7.19. The molecule has 0 saturated carbocycles. The zero-order chi connectivity index (χ0) is 7.72. The van der Waals surface area contributed by atoms with Crippen molar-refractivity contribution < 1.29 is 9.53 Å². The molecule has 0 N–H and O–H groups in total. The van der Waals surface area contributed by atoms with Crippen LogP contribution in [0.4, 0.5) is 0 Å². The highest BCUT2D eigenvalue weighted by Crippen LogP contribution is 2.25. The van der Waals surface area contributed by atoms with E-state index in [1.54, 1.807) is 0 Å². The molecule has 0 unspecified atom stereocenters. The third kappa shape index (κ3) is 1.14. The second-order valence-corrected chi connectivity index (χ2v) is 2.94. The molecular weight excluding hydrogens is 196 g/mol. The first-order chi connectivity index (χ1) is 4.63. The van der Waals surface area contributed by atoms with Crippen LogP contribution in [-0.4, -0.2) is 12.6 Å². The molecule has 0 bridgehead atoms. The van der Waals surface area contributed by atoms with Crippen molar-refractivity contribution >= 4 is 21.9 Å². The van der Waals surface area contributed by atoms with E-state index < -0.39 is 0 Å². The quantitative estimate of drug-likeness (QED) is 0.607. The van der Waals surface area contributed by atoms with Gasteiger partial charge in [0, 0.05) is 5.57 Å². The molecule has 3 heteroatoms. The lowest BCUT2D eigenvalue weighted by Gasteiger charge is -1.94. The summed E-state index contributed by atoms with van der Waals surface area (Å²) in [5.41, 5.74) is 1.74. The summed E-state index contributed by atoms with van der Waals surface area (Å²) in [6, 6.07) is 0. The van der Waals surface area contributed by atoms with Crippen molar-refractivity contribution in [1.29, 1.82) is 0 Å². The molecule has 0 aliphatic carbocycles. The largest absolute Gasteiger partial charge is 0.457 e. The summed E-state index contributed by atoms with van der Waals surface area (Å²) in [7, 11) is 0. The summed E-state index contributed by atoms with van der Waals surface area (Å²) in [6.45, 7) is 5.90. The highest BCUT2D eigenvalue weighted by molar-refractivity contribution is 9.12. The SMILES string of the molecule is C=C(C)C1=C(Br)C(=O)OC1. The van der Waals surface area contributed by atoms with Gasteiger partial charge in [0.1, 0.15) is 11.1 Å². The number of carbonyl (C=O) groups excluding carboxylic acids is 1. The van der Waals surface area contributed by atoms with Gasteiger partial charge in [-0.1, -0.05) is 12.2 Å². The zero-order valence-electron chi connectivity index (χ0n) is 5.61. The third-order valence-electron chi connectivity index (χ3n) is 1.31. The molecular formula is C7H7BrO2. The van der Waals surface area contributed by atoms with Gasteiger partial charge in [0.05, 0.1) is 0 Å². The van der Waals surface area contributed by atoms with Crippen molar-refractivity contribution in [3.8, 4) is 0 Å². The maximum atomic E-state index is 10.7. The second-order valence-electron chi connectivity index (χ2n) is 2.15. The molecule has 0 saturated heterocycles. The van der Waals surface area contributed by atoms with Gasteiger partial charge in [-0.2, -0.15) is 0 Å². The lowest BCUT2D eigenvalue weighted by molar-refractivity contribution is -0.135. The van der Waals surface area contributed by atoms with Crippen molar-refractivity contribution in [3.63, 3.8) is 0 Å². The van der Waals surface area contributed by atoms with Gasteiger partial charge in [0.25, 0.3) is 0 Å². The third-order valence-corrected chi connectivity index (χ3v) is 2.11. The van der Waals surface area contributed by atoms with Crippen LogP contribution in [0.5, 0.6) is 0 Å². The summed E-state index contributed by atoms with van der Waals surface area (Å²) in [5, 5.41) is 0. The lowest BCUT2D eigenvalue weighted by Crippen LogP contribution is -1.93. The molecule has 2 nitrogen and oxygen atoms in total. The van der Waals surface area contributed by atoms with E-state index in [1.807, 2.05) is 6.92 Å². The minimum Gasteiger partial charge on any atom is -0.457 e. The summed E-state index contributed by atoms with van der Waals surface area (Å²) in [6.07, 6.45) is 0. The molecule has 1 aliphatic heterocycles. The van der Waals surface area contributed by atoms with Crippen LogP contribution in [0.25, 0.3) is 0 Å². The molecule has 0 aromatic heterocycles. The molecule has 1 aliphatic rings. The molecule has 0 aromatic rings.